The van der Waals surface area contributed by atoms with Crippen LogP contribution >= 0.6 is 12.4 Å². The number of rotatable bonds is 7. The molecule has 0 spiro atoms. The molecule has 5 nitrogen and oxygen atoms in total. The van der Waals surface area contributed by atoms with Gasteiger partial charge in [-0.15, -0.1) is 12.4 Å². The number of benzene rings is 1. The number of carboxylic acids is 1. The summed E-state index contributed by atoms with van der Waals surface area (Å²) >= 11 is 0. The van der Waals surface area contributed by atoms with Crippen molar-refractivity contribution in [2.45, 2.75) is 26.5 Å². The first-order valence-corrected chi connectivity index (χ1v) is 5.79. The molecule has 0 unspecified atom stereocenters. The Labute approximate surface area is 119 Å². The van der Waals surface area contributed by atoms with Crippen LogP contribution < -0.4 is 14.8 Å². The van der Waals surface area contributed by atoms with E-state index in [-0.39, 0.29) is 25.1 Å². The third-order valence-electron chi connectivity index (χ3n) is 2.20. The summed E-state index contributed by atoms with van der Waals surface area (Å²) < 4.78 is 10.8. The molecule has 0 aliphatic rings. The highest BCUT2D eigenvalue weighted by Crippen LogP contribution is 2.28. The van der Waals surface area contributed by atoms with Crippen molar-refractivity contribution in [1.29, 1.82) is 0 Å². The smallest absolute Gasteiger partial charge is 0.317 e. The van der Waals surface area contributed by atoms with Gasteiger partial charge in [0.15, 0.2) is 11.5 Å². The van der Waals surface area contributed by atoms with Gasteiger partial charge in [-0.2, -0.15) is 0 Å². The predicted octanol–water partition coefficient (Wildman–Crippen LogP) is 2.08. The van der Waals surface area contributed by atoms with Gasteiger partial charge in [-0.3, -0.25) is 4.79 Å². The first-order valence-electron chi connectivity index (χ1n) is 5.79. The molecule has 1 rings (SSSR count). The van der Waals surface area contributed by atoms with Crippen LogP contribution in [0, 0.1) is 0 Å². The van der Waals surface area contributed by atoms with Crippen molar-refractivity contribution in [1.82, 2.24) is 5.32 Å². The van der Waals surface area contributed by atoms with Crippen molar-refractivity contribution in [2.24, 2.45) is 0 Å². The largest absolute Gasteiger partial charge is 0.493 e. The van der Waals surface area contributed by atoms with Gasteiger partial charge in [0, 0.05) is 6.54 Å². The molecule has 0 saturated heterocycles. The third-order valence-corrected chi connectivity index (χ3v) is 2.20. The summed E-state index contributed by atoms with van der Waals surface area (Å²) in [6, 6.07) is 5.55. The summed E-state index contributed by atoms with van der Waals surface area (Å²) in [5, 5.41) is 11.3. The molecule has 19 heavy (non-hydrogen) atoms. The molecular formula is C13H20ClNO4. The Kier molecular flexibility index (Phi) is 7.95. The number of hydrogen-bond acceptors (Lipinski definition) is 4. The minimum Gasteiger partial charge on any atom is -0.493 e. The lowest BCUT2D eigenvalue weighted by Gasteiger charge is -2.14. The molecular weight excluding hydrogens is 270 g/mol. The number of methoxy groups -OCH3 is 1. The highest BCUT2D eigenvalue weighted by atomic mass is 35.5. The molecule has 1 aromatic carbocycles. The highest BCUT2D eigenvalue weighted by molar-refractivity contribution is 5.85. The van der Waals surface area contributed by atoms with Gasteiger partial charge in [-0.1, -0.05) is 6.07 Å². The monoisotopic (exact) mass is 289 g/mol. The molecule has 0 bridgehead atoms. The first kappa shape index (κ1) is 17.5. The Morgan fingerprint density at radius 3 is 2.58 bits per heavy atom. The molecule has 6 heteroatoms. The van der Waals surface area contributed by atoms with Crippen LogP contribution in [-0.4, -0.2) is 30.8 Å². The van der Waals surface area contributed by atoms with Gasteiger partial charge in [0.1, 0.15) is 0 Å². The van der Waals surface area contributed by atoms with Crippen molar-refractivity contribution in [3.05, 3.63) is 23.8 Å². The van der Waals surface area contributed by atoms with Gasteiger partial charge in [0.05, 0.1) is 19.8 Å². The van der Waals surface area contributed by atoms with Gasteiger partial charge in [-0.05, 0) is 31.5 Å². The third kappa shape index (κ3) is 6.31. The molecule has 0 heterocycles. The van der Waals surface area contributed by atoms with Crippen LogP contribution in [0.5, 0.6) is 11.5 Å². The van der Waals surface area contributed by atoms with Crippen LogP contribution in [0.2, 0.25) is 0 Å². The molecule has 0 amide bonds. The van der Waals surface area contributed by atoms with E-state index in [9.17, 15) is 4.79 Å². The molecule has 1 aromatic rings. The topological polar surface area (TPSA) is 67.8 Å². The molecule has 0 aromatic heterocycles. The van der Waals surface area contributed by atoms with Crippen LogP contribution in [0.3, 0.4) is 0 Å². The van der Waals surface area contributed by atoms with Crippen molar-refractivity contribution in [3.63, 3.8) is 0 Å². The van der Waals surface area contributed by atoms with Gasteiger partial charge < -0.3 is 19.9 Å². The summed E-state index contributed by atoms with van der Waals surface area (Å²) in [6.07, 6.45) is 0.0786. The second kappa shape index (κ2) is 8.61. The number of hydrogen-bond donors (Lipinski definition) is 2. The van der Waals surface area contributed by atoms with E-state index in [1.165, 1.54) is 0 Å². The molecule has 0 atom stereocenters. The van der Waals surface area contributed by atoms with E-state index in [1.807, 2.05) is 32.0 Å². The molecule has 0 aliphatic carbocycles. The van der Waals surface area contributed by atoms with Crippen LogP contribution in [0.4, 0.5) is 0 Å². The lowest BCUT2D eigenvalue weighted by molar-refractivity contribution is -0.135. The molecule has 0 fully saturated rings. The standard InChI is InChI=1S/C13H19NO4.ClH/c1-9(2)18-11-5-4-10(6-12(11)17-3)7-14-8-13(15)16;/h4-6,9,14H,7-8H2,1-3H3,(H,15,16);1H. The summed E-state index contributed by atoms with van der Waals surface area (Å²) in [4.78, 5) is 10.4. The quantitative estimate of drug-likeness (QED) is 0.804. The van der Waals surface area contributed by atoms with E-state index in [4.69, 9.17) is 14.6 Å². The number of carboxylic acid groups (broad SMARTS) is 1. The van der Waals surface area contributed by atoms with Crippen LogP contribution in [0.15, 0.2) is 18.2 Å². The fraction of sp³-hybridized carbons (Fsp3) is 0.462. The van der Waals surface area contributed by atoms with Crippen molar-refractivity contribution >= 4 is 18.4 Å². The first-order chi connectivity index (χ1) is 8.52. The van der Waals surface area contributed by atoms with Crippen LogP contribution in [0.1, 0.15) is 19.4 Å². The van der Waals surface area contributed by atoms with Crippen molar-refractivity contribution in [3.8, 4) is 11.5 Å². The summed E-state index contributed by atoms with van der Waals surface area (Å²) in [6.45, 7) is 4.31. The molecule has 2 N–H and O–H groups in total. The molecule has 0 aliphatic heterocycles. The maximum atomic E-state index is 10.4. The minimum absolute atomic E-state index is 0. The molecule has 0 saturated carbocycles. The fourth-order valence-electron chi connectivity index (χ4n) is 1.49. The van der Waals surface area contributed by atoms with Crippen LogP contribution in [-0.2, 0) is 11.3 Å². The Morgan fingerprint density at radius 2 is 2.05 bits per heavy atom. The SMILES string of the molecule is COc1cc(CNCC(=O)O)ccc1OC(C)C.Cl. The minimum atomic E-state index is -0.873. The van der Waals surface area contributed by atoms with E-state index >= 15 is 0 Å². The van der Waals surface area contributed by atoms with E-state index < -0.39 is 5.97 Å². The van der Waals surface area contributed by atoms with Crippen LogP contribution in [0.25, 0.3) is 0 Å². The zero-order valence-electron chi connectivity index (χ0n) is 11.3. The number of ether oxygens (including phenoxy) is 2. The maximum Gasteiger partial charge on any atom is 0.317 e. The van der Waals surface area contributed by atoms with Gasteiger partial charge in [0.2, 0.25) is 0 Å². The molecule has 108 valence electrons. The second-order valence-electron chi connectivity index (χ2n) is 4.15. The van der Waals surface area contributed by atoms with Crippen molar-refractivity contribution in [2.75, 3.05) is 13.7 Å². The summed E-state index contributed by atoms with van der Waals surface area (Å²) in [5.41, 5.74) is 0.948. The highest BCUT2D eigenvalue weighted by Gasteiger charge is 2.07. The number of aliphatic carboxylic acids is 1. The van der Waals surface area contributed by atoms with E-state index in [0.717, 1.165) is 5.56 Å². The Balaban J connectivity index is 0.00000324. The average Bonchev–Trinajstić information content (AvgIpc) is 2.29. The molecule has 0 radical (unpaired) electrons. The Hall–Kier alpha value is -1.46. The number of halogens is 1. The fourth-order valence-corrected chi connectivity index (χ4v) is 1.49. The predicted molar refractivity (Wildman–Crippen MR) is 75.3 cm³/mol. The van der Waals surface area contributed by atoms with Gasteiger partial charge in [-0.25, -0.2) is 0 Å². The summed E-state index contributed by atoms with van der Waals surface area (Å²) in [7, 11) is 1.58. The average molecular weight is 290 g/mol. The zero-order chi connectivity index (χ0) is 13.5. The van der Waals surface area contributed by atoms with Crippen molar-refractivity contribution < 1.29 is 19.4 Å². The van der Waals surface area contributed by atoms with E-state index in [2.05, 4.69) is 5.32 Å². The zero-order valence-corrected chi connectivity index (χ0v) is 12.1. The van der Waals surface area contributed by atoms with E-state index in [1.54, 1.807) is 7.11 Å². The van der Waals surface area contributed by atoms with Gasteiger partial charge in [0.25, 0.3) is 0 Å². The van der Waals surface area contributed by atoms with Gasteiger partial charge >= 0.3 is 5.97 Å². The number of carbonyl (C=O) groups is 1. The normalized spacial score (nSPS) is 9.89. The second-order valence-corrected chi connectivity index (χ2v) is 4.15. The maximum absolute atomic E-state index is 10.4. The lowest BCUT2D eigenvalue weighted by atomic mass is 10.2. The van der Waals surface area contributed by atoms with E-state index in [0.29, 0.717) is 18.0 Å². The Morgan fingerprint density at radius 1 is 1.37 bits per heavy atom. The summed E-state index contributed by atoms with van der Waals surface area (Å²) in [5.74, 6) is 0.467. The number of nitrogens with one attached hydrogen (secondary N) is 1. The lowest BCUT2D eigenvalue weighted by Crippen LogP contribution is -2.21. The Bertz CT molecular complexity index is 410.